The van der Waals surface area contributed by atoms with Crippen LogP contribution in [0.15, 0.2) is 16.8 Å². The van der Waals surface area contributed by atoms with Crippen molar-refractivity contribution in [1.82, 2.24) is 0 Å². The molecule has 12 heteroatoms. The third kappa shape index (κ3) is 4.09. The van der Waals surface area contributed by atoms with Crippen LogP contribution < -0.4 is 0 Å². The molecule has 41 heavy (non-hydrogen) atoms. The van der Waals surface area contributed by atoms with Gasteiger partial charge in [-0.1, -0.05) is 6.92 Å². The van der Waals surface area contributed by atoms with Crippen LogP contribution in [0.3, 0.4) is 0 Å². The maximum Gasteiger partial charge on any atom is 0.331 e. The van der Waals surface area contributed by atoms with E-state index in [0.717, 1.165) is 5.57 Å². The van der Waals surface area contributed by atoms with Crippen LogP contribution in [0.2, 0.25) is 0 Å². The Morgan fingerprint density at radius 3 is 2.46 bits per heavy atom. The summed E-state index contributed by atoms with van der Waals surface area (Å²) in [6.45, 7) is 3.74. The molecule has 2 heterocycles. The molecule has 4 saturated carbocycles. The number of hydrogen-bond donors (Lipinski definition) is 7. The fraction of sp³-hybridized carbons (Fsp3) is 0.862. The Labute approximate surface area is 238 Å². The summed E-state index contributed by atoms with van der Waals surface area (Å²) < 4.78 is 16.8. The average Bonchev–Trinajstić information content (AvgIpc) is 3.46. The van der Waals surface area contributed by atoms with Crippen molar-refractivity contribution in [2.24, 2.45) is 33.7 Å². The van der Waals surface area contributed by atoms with Gasteiger partial charge < -0.3 is 50.1 Å². The minimum atomic E-state index is -1.48. The van der Waals surface area contributed by atoms with Gasteiger partial charge in [0.1, 0.15) is 24.9 Å². The summed E-state index contributed by atoms with van der Waals surface area (Å²) in [6.07, 6.45) is -2.02. The Morgan fingerprint density at radius 1 is 1.02 bits per heavy atom. The number of nitrogens with zero attached hydrogens (tertiary/aromatic N) is 1. The first kappa shape index (κ1) is 29.4. The number of rotatable bonds is 4. The molecule has 0 radical (unpaired) electrons. The summed E-state index contributed by atoms with van der Waals surface area (Å²) in [5, 5.41) is 80.4. The van der Waals surface area contributed by atoms with E-state index < -0.39 is 76.8 Å². The summed E-state index contributed by atoms with van der Waals surface area (Å²) in [5.41, 5.74) is -3.65. The van der Waals surface area contributed by atoms with Crippen molar-refractivity contribution < 1.29 is 54.9 Å². The Kier molecular flexibility index (Phi) is 7.14. The summed E-state index contributed by atoms with van der Waals surface area (Å²) in [6, 6.07) is 0. The standard InChI is InChI=1S/C29H43NO11/c1-14-22(33)23(34)24(35)25(40-14)41-16-3-6-27(13-30-38)21-18(4-7-28(27,36)10-16)29(37)8-5-17(15-9-20(32)39-12-15)26(29,2)11-19(21)31/h9,13-14,16-19,21-25,31,33-38H,3-8,10-12H2,1-2H3. The molecular formula is C29H43NO11. The average molecular weight is 582 g/mol. The second-order valence-corrected chi connectivity index (χ2v) is 13.7. The Hall–Kier alpha value is -1.64. The first-order valence-electron chi connectivity index (χ1n) is 14.8. The lowest BCUT2D eigenvalue weighted by atomic mass is 9.41. The number of carbonyl (C=O) groups is 1. The maximum atomic E-state index is 12.4. The molecule has 0 bridgehead atoms. The predicted octanol–water partition coefficient (Wildman–Crippen LogP) is -0.0181. The number of hydrogen-bond acceptors (Lipinski definition) is 12. The Morgan fingerprint density at radius 2 is 1.78 bits per heavy atom. The van der Waals surface area contributed by atoms with Gasteiger partial charge in [-0.25, -0.2) is 4.79 Å². The van der Waals surface area contributed by atoms with E-state index in [2.05, 4.69) is 5.16 Å². The molecule has 12 nitrogen and oxygen atoms in total. The highest BCUT2D eigenvalue weighted by atomic mass is 16.7. The Bertz CT molecular complexity index is 1120. The maximum absolute atomic E-state index is 12.4. The smallest absolute Gasteiger partial charge is 0.331 e. The van der Waals surface area contributed by atoms with Gasteiger partial charge in [0.15, 0.2) is 6.29 Å². The molecule has 230 valence electrons. The molecule has 1 saturated heterocycles. The van der Waals surface area contributed by atoms with Crippen LogP contribution in [0.5, 0.6) is 0 Å². The van der Waals surface area contributed by atoms with Crippen molar-refractivity contribution >= 4 is 12.2 Å². The summed E-state index contributed by atoms with van der Waals surface area (Å²) in [4.78, 5) is 11.8. The molecule has 2 aliphatic heterocycles. The third-order valence-corrected chi connectivity index (χ3v) is 12.0. The van der Waals surface area contributed by atoms with Gasteiger partial charge in [0.2, 0.25) is 0 Å². The summed E-state index contributed by atoms with van der Waals surface area (Å²) >= 11 is 0. The summed E-state index contributed by atoms with van der Waals surface area (Å²) in [7, 11) is 0. The molecule has 14 unspecified atom stereocenters. The lowest BCUT2D eigenvalue weighted by Gasteiger charge is -2.67. The number of fused-ring (bicyclic) bond motifs is 5. The molecular weight excluding hydrogens is 538 g/mol. The van der Waals surface area contributed by atoms with Crippen LogP contribution >= 0.6 is 0 Å². The number of oxime groups is 1. The van der Waals surface area contributed by atoms with Crippen molar-refractivity contribution in [1.29, 1.82) is 0 Å². The zero-order valence-corrected chi connectivity index (χ0v) is 23.5. The van der Waals surface area contributed by atoms with Gasteiger partial charge in [0, 0.05) is 29.2 Å². The summed E-state index contributed by atoms with van der Waals surface area (Å²) in [5.74, 6) is -1.50. The highest BCUT2D eigenvalue weighted by molar-refractivity contribution is 5.85. The molecule has 0 aromatic carbocycles. The molecule has 0 amide bonds. The van der Waals surface area contributed by atoms with E-state index in [1.54, 1.807) is 6.92 Å². The van der Waals surface area contributed by atoms with Crippen molar-refractivity contribution in [3.63, 3.8) is 0 Å². The van der Waals surface area contributed by atoms with Gasteiger partial charge in [0.25, 0.3) is 0 Å². The van der Waals surface area contributed by atoms with Crippen molar-refractivity contribution in [3.8, 4) is 0 Å². The van der Waals surface area contributed by atoms with Crippen molar-refractivity contribution in [2.45, 2.75) is 119 Å². The van der Waals surface area contributed by atoms with Gasteiger partial charge >= 0.3 is 5.97 Å². The molecule has 0 aromatic heterocycles. The number of carbonyl (C=O) groups excluding carboxylic acids is 1. The fourth-order valence-electron chi connectivity index (χ4n) is 9.94. The third-order valence-electron chi connectivity index (χ3n) is 12.0. The van der Waals surface area contributed by atoms with E-state index in [-0.39, 0.29) is 44.2 Å². The number of aliphatic hydroxyl groups is 6. The largest absolute Gasteiger partial charge is 0.458 e. The normalized spacial score (nSPS) is 55.2. The number of cyclic esters (lactones) is 1. The lowest BCUT2D eigenvalue weighted by molar-refractivity contribution is -0.318. The van der Waals surface area contributed by atoms with E-state index in [0.29, 0.717) is 25.7 Å². The van der Waals surface area contributed by atoms with Gasteiger partial charge in [-0.05, 0) is 69.3 Å². The second kappa shape index (κ2) is 9.95. The van der Waals surface area contributed by atoms with Crippen LogP contribution in [0.4, 0.5) is 0 Å². The highest BCUT2D eigenvalue weighted by Crippen LogP contribution is 2.70. The first-order valence-corrected chi connectivity index (χ1v) is 14.8. The minimum absolute atomic E-state index is 0.0965. The van der Waals surface area contributed by atoms with Gasteiger partial charge in [-0.3, -0.25) is 0 Å². The zero-order chi connectivity index (χ0) is 29.5. The van der Waals surface area contributed by atoms with Crippen LogP contribution in [0.25, 0.3) is 0 Å². The second-order valence-electron chi connectivity index (χ2n) is 13.7. The zero-order valence-electron chi connectivity index (χ0n) is 23.5. The van der Waals surface area contributed by atoms with Crippen LogP contribution in [0.1, 0.15) is 65.2 Å². The molecule has 4 aliphatic carbocycles. The number of ether oxygens (including phenoxy) is 3. The van der Waals surface area contributed by atoms with E-state index in [1.165, 1.54) is 12.3 Å². The quantitative estimate of drug-likeness (QED) is 0.0774. The van der Waals surface area contributed by atoms with E-state index in [1.807, 2.05) is 6.92 Å². The minimum Gasteiger partial charge on any atom is -0.458 e. The topological polar surface area (TPSA) is 199 Å². The van der Waals surface area contributed by atoms with Crippen LogP contribution in [-0.2, 0) is 19.0 Å². The van der Waals surface area contributed by atoms with Crippen molar-refractivity contribution in [3.05, 3.63) is 11.6 Å². The van der Waals surface area contributed by atoms with Crippen LogP contribution in [0, 0.1) is 28.6 Å². The van der Waals surface area contributed by atoms with Crippen molar-refractivity contribution in [2.75, 3.05) is 6.61 Å². The van der Waals surface area contributed by atoms with E-state index in [4.69, 9.17) is 14.2 Å². The molecule has 5 fully saturated rings. The molecule has 6 aliphatic rings. The lowest BCUT2D eigenvalue weighted by Crippen LogP contribution is -2.72. The predicted molar refractivity (Wildman–Crippen MR) is 140 cm³/mol. The van der Waals surface area contributed by atoms with Gasteiger partial charge in [-0.15, -0.1) is 5.16 Å². The number of aliphatic hydroxyl groups excluding tert-OH is 4. The fourth-order valence-corrected chi connectivity index (χ4v) is 9.94. The molecule has 7 N–H and O–H groups in total. The van der Waals surface area contributed by atoms with Crippen LogP contribution in [-0.4, -0.2) is 109 Å². The highest BCUT2D eigenvalue weighted by Gasteiger charge is 2.73. The Balaban J connectivity index is 1.28. The monoisotopic (exact) mass is 581 g/mol. The number of esters is 1. The molecule has 14 atom stereocenters. The van der Waals surface area contributed by atoms with Gasteiger partial charge in [0.05, 0.1) is 35.7 Å². The first-order chi connectivity index (χ1) is 19.3. The van der Waals surface area contributed by atoms with E-state index in [9.17, 15) is 40.6 Å². The SMILES string of the molecule is CC1OC(OC2CCC3(C=NO)C4C(O)CC5(C)C(C6=CC(=O)OC6)CCC5(O)C4CCC3(O)C2)C(O)C(O)C1O. The van der Waals surface area contributed by atoms with Gasteiger partial charge in [-0.2, -0.15) is 0 Å². The molecule has 0 spiro atoms. The molecule has 6 rings (SSSR count). The van der Waals surface area contributed by atoms with E-state index >= 15 is 0 Å². The molecule has 0 aromatic rings.